The van der Waals surface area contributed by atoms with Crippen LogP contribution in [-0.4, -0.2) is 35.0 Å². The summed E-state index contributed by atoms with van der Waals surface area (Å²) >= 11 is 1.46. The highest BCUT2D eigenvalue weighted by Gasteiger charge is 2.31. The Morgan fingerprint density at radius 1 is 1.24 bits per heavy atom. The van der Waals surface area contributed by atoms with Crippen LogP contribution in [0.5, 0.6) is 0 Å². The number of rotatable bonds is 5. The second kappa shape index (κ2) is 7.67. The molecule has 148 valence electrons. The summed E-state index contributed by atoms with van der Waals surface area (Å²) in [6.45, 7) is 4.54. The Kier molecular flexibility index (Phi) is 5.07. The fourth-order valence-corrected chi connectivity index (χ4v) is 4.14. The first-order valence-electron chi connectivity index (χ1n) is 9.35. The number of hydrogen-bond acceptors (Lipinski definition) is 6. The van der Waals surface area contributed by atoms with E-state index in [0.717, 1.165) is 15.9 Å². The lowest BCUT2D eigenvalue weighted by Gasteiger charge is -2.18. The molecule has 6 nitrogen and oxygen atoms in total. The largest absolute Gasteiger partial charge is 0.510 e. The lowest BCUT2D eigenvalue weighted by molar-refractivity contribution is 0.0459. The molecule has 0 aliphatic carbocycles. The standard InChI is InChI=1S/C22H21N3O3S/c1-13(2)12-28-22(27)14-7-9-15(10-8-14)25-11-17(26)19(20(25)23)21-24-16-5-3-4-6-18(16)29-21/h3-10,13,23,26H,11-12H2,1-2H3. The van der Waals surface area contributed by atoms with E-state index in [0.29, 0.717) is 22.8 Å². The molecule has 0 unspecified atom stereocenters. The molecule has 4 rings (SSSR count). The van der Waals surface area contributed by atoms with Gasteiger partial charge in [-0.2, -0.15) is 0 Å². The summed E-state index contributed by atoms with van der Waals surface area (Å²) in [5, 5.41) is 19.7. The van der Waals surface area contributed by atoms with Crippen LogP contribution in [0.3, 0.4) is 0 Å². The minimum absolute atomic E-state index is 0.120. The number of nitrogens with one attached hydrogen (secondary N) is 1. The molecule has 2 aromatic carbocycles. The number of benzene rings is 2. The Balaban J connectivity index is 1.54. The topological polar surface area (TPSA) is 86.5 Å². The Hall–Kier alpha value is -3.19. The normalized spacial score (nSPS) is 14.3. The van der Waals surface area contributed by atoms with Gasteiger partial charge in [0, 0.05) is 5.69 Å². The van der Waals surface area contributed by atoms with Crippen LogP contribution in [-0.2, 0) is 4.74 Å². The molecule has 2 N–H and O–H groups in total. The van der Waals surface area contributed by atoms with Crippen molar-refractivity contribution in [2.75, 3.05) is 18.1 Å². The third-order valence-electron chi connectivity index (χ3n) is 4.57. The molecular weight excluding hydrogens is 386 g/mol. The molecule has 3 aromatic rings. The van der Waals surface area contributed by atoms with Gasteiger partial charge in [-0.3, -0.25) is 5.41 Å². The smallest absolute Gasteiger partial charge is 0.338 e. The van der Waals surface area contributed by atoms with Gasteiger partial charge in [-0.15, -0.1) is 11.3 Å². The number of amidine groups is 1. The van der Waals surface area contributed by atoms with E-state index < -0.39 is 0 Å². The molecule has 7 heteroatoms. The van der Waals surface area contributed by atoms with Gasteiger partial charge in [0.15, 0.2) is 0 Å². The maximum absolute atomic E-state index is 12.1. The molecule has 1 aromatic heterocycles. The predicted molar refractivity (Wildman–Crippen MR) is 116 cm³/mol. The van der Waals surface area contributed by atoms with Crippen LogP contribution in [0, 0.1) is 11.3 Å². The van der Waals surface area contributed by atoms with Crippen molar-refractivity contribution in [1.29, 1.82) is 5.41 Å². The van der Waals surface area contributed by atoms with Crippen molar-refractivity contribution < 1.29 is 14.6 Å². The molecule has 29 heavy (non-hydrogen) atoms. The number of para-hydroxylation sites is 1. The van der Waals surface area contributed by atoms with Crippen LogP contribution < -0.4 is 4.90 Å². The zero-order valence-electron chi connectivity index (χ0n) is 16.2. The maximum atomic E-state index is 12.1. The molecule has 1 aliphatic rings. The van der Waals surface area contributed by atoms with E-state index in [1.54, 1.807) is 29.2 Å². The number of esters is 1. The van der Waals surface area contributed by atoms with Gasteiger partial charge in [0.1, 0.15) is 16.6 Å². The van der Waals surface area contributed by atoms with Gasteiger partial charge >= 0.3 is 5.97 Å². The number of fused-ring (bicyclic) bond motifs is 1. The minimum atomic E-state index is -0.363. The van der Waals surface area contributed by atoms with Crippen LogP contribution in [0.25, 0.3) is 15.8 Å². The monoisotopic (exact) mass is 407 g/mol. The highest BCUT2D eigenvalue weighted by Crippen LogP contribution is 2.35. The quantitative estimate of drug-likeness (QED) is 0.589. The highest BCUT2D eigenvalue weighted by molar-refractivity contribution is 7.19. The zero-order chi connectivity index (χ0) is 20.5. The Bertz CT molecular complexity index is 1080. The van der Waals surface area contributed by atoms with Crippen LogP contribution in [0.4, 0.5) is 5.69 Å². The molecule has 0 atom stereocenters. The number of thiazole rings is 1. The van der Waals surface area contributed by atoms with E-state index >= 15 is 0 Å². The third kappa shape index (κ3) is 3.73. The minimum Gasteiger partial charge on any atom is -0.510 e. The number of carbonyl (C=O) groups is 1. The van der Waals surface area contributed by atoms with Crippen LogP contribution in [0.15, 0.2) is 54.3 Å². The number of ether oxygens (including phenoxy) is 1. The van der Waals surface area contributed by atoms with Crippen molar-refractivity contribution >= 4 is 44.6 Å². The highest BCUT2D eigenvalue weighted by atomic mass is 32.1. The Morgan fingerprint density at radius 3 is 2.66 bits per heavy atom. The first kappa shape index (κ1) is 19.1. The SMILES string of the molecule is CC(C)COC(=O)c1ccc(N2CC(O)=C(c3nc4ccccc4s3)C2=N)cc1. The lowest BCUT2D eigenvalue weighted by Crippen LogP contribution is -2.26. The van der Waals surface area contributed by atoms with Crippen molar-refractivity contribution in [3.8, 4) is 0 Å². The molecule has 0 saturated heterocycles. The number of aromatic nitrogens is 1. The van der Waals surface area contributed by atoms with Gasteiger partial charge in [-0.05, 0) is 42.3 Å². The molecule has 0 saturated carbocycles. The average Bonchev–Trinajstić information content (AvgIpc) is 3.26. The number of aliphatic hydroxyl groups excluding tert-OH is 1. The summed E-state index contributed by atoms with van der Waals surface area (Å²) in [7, 11) is 0. The summed E-state index contributed by atoms with van der Waals surface area (Å²) in [5.41, 5.74) is 2.48. The lowest BCUT2D eigenvalue weighted by atomic mass is 10.2. The summed E-state index contributed by atoms with van der Waals surface area (Å²) in [6.07, 6.45) is 0. The molecule has 0 bridgehead atoms. The van der Waals surface area contributed by atoms with Crippen LogP contribution in [0.2, 0.25) is 0 Å². The van der Waals surface area contributed by atoms with Gasteiger partial charge in [0.05, 0.1) is 34.5 Å². The molecule has 0 amide bonds. The van der Waals surface area contributed by atoms with Crippen LogP contribution >= 0.6 is 11.3 Å². The molecular formula is C22H21N3O3S. The summed E-state index contributed by atoms with van der Waals surface area (Å²) < 4.78 is 6.26. The first-order valence-corrected chi connectivity index (χ1v) is 10.2. The summed E-state index contributed by atoms with van der Waals surface area (Å²) in [5.74, 6) is 0.224. The van der Waals surface area contributed by atoms with Crippen molar-refractivity contribution in [3.63, 3.8) is 0 Å². The second-order valence-corrected chi connectivity index (χ2v) is 8.31. The van der Waals surface area contributed by atoms with Crippen molar-refractivity contribution in [2.45, 2.75) is 13.8 Å². The van der Waals surface area contributed by atoms with Gasteiger partial charge in [0.25, 0.3) is 0 Å². The first-order chi connectivity index (χ1) is 13.9. The molecule has 0 fully saturated rings. The van der Waals surface area contributed by atoms with Gasteiger partial charge < -0.3 is 14.7 Å². The van der Waals surface area contributed by atoms with E-state index in [1.807, 2.05) is 38.1 Å². The Labute approximate surface area is 172 Å². The second-order valence-electron chi connectivity index (χ2n) is 7.28. The fourth-order valence-electron chi connectivity index (χ4n) is 3.11. The number of hydrogen-bond donors (Lipinski definition) is 2. The van der Waals surface area contributed by atoms with Gasteiger partial charge in [-0.1, -0.05) is 26.0 Å². The van der Waals surface area contributed by atoms with Crippen LogP contribution in [0.1, 0.15) is 29.2 Å². The van der Waals surface area contributed by atoms with Gasteiger partial charge in [0.2, 0.25) is 0 Å². The third-order valence-corrected chi connectivity index (χ3v) is 5.63. The molecule has 2 heterocycles. The predicted octanol–water partition coefficient (Wildman–Crippen LogP) is 4.88. The van der Waals surface area contributed by atoms with Crippen molar-refractivity contribution in [1.82, 2.24) is 4.98 Å². The molecule has 0 spiro atoms. The number of carbonyl (C=O) groups excluding carboxylic acids is 1. The number of anilines is 1. The maximum Gasteiger partial charge on any atom is 0.338 e. The van der Waals surface area contributed by atoms with E-state index in [1.165, 1.54) is 11.3 Å². The summed E-state index contributed by atoms with van der Waals surface area (Å²) in [6, 6.07) is 14.6. The van der Waals surface area contributed by atoms with Crippen molar-refractivity contribution in [2.24, 2.45) is 5.92 Å². The zero-order valence-corrected chi connectivity index (χ0v) is 17.0. The molecule has 0 radical (unpaired) electrons. The van der Waals surface area contributed by atoms with E-state index in [2.05, 4.69) is 4.98 Å². The molecule has 1 aliphatic heterocycles. The number of nitrogens with zero attached hydrogens (tertiary/aromatic N) is 2. The number of aliphatic hydroxyl groups is 1. The van der Waals surface area contributed by atoms with E-state index in [4.69, 9.17) is 10.1 Å². The van der Waals surface area contributed by atoms with E-state index in [-0.39, 0.29) is 30.0 Å². The average molecular weight is 407 g/mol. The van der Waals surface area contributed by atoms with E-state index in [9.17, 15) is 9.90 Å². The van der Waals surface area contributed by atoms with Gasteiger partial charge in [-0.25, -0.2) is 9.78 Å². The van der Waals surface area contributed by atoms with Crippen molar-refractivity contribution in [3.05, 3.63) is 64.9 Å². The Morgan fingerprint density at radius 2 is 1.97 bits per heavy atom. The summed E-state index contributed by atoms with van der Waals surface area (Å²) in [4.78, 5) is 18.3. The fraction of sp³-hybridized carbons (Fsp3) is 0.227.